The van der Waals surface area contributed by atoms with Crippen molar-refractivity contribution >= 4 is 0 Å². The molecule has 1 atom stereocenters. The van der Waals surface area contributed by atoms with E-state index in [1.165, 1.54) is 16.7 Å². The Bertz CT molecular complexity index is 352. The molecular formula is C15H25NO2. The van der Waals surface area contributed by atoms with Crippen LogP contribution in [0.4, 0.5) is 0 Å². The summed E-state index contributed by atoms with van der Waals surface area (Å²) < 4.78 is 10.9. The van der Waals surface area contributed by atoms with Gasteiger partial charge in [-0.1, -0.05) is 30.7 Å². The van der Waals surface area contributed by atoms with Gasteiger partial charge in [-0.15, -0.1) is 0 Å². The van der Waals surface area contributed by atoms with Crippen molar-refractivity contribution in [3.63, 3.8) is 0 Å². The molecule has 3 nitrogen and oxygen atoms in total. The van der Waals surface area contributed by atoms with E-state index in [1.54, 1.807) is 0 Å². The SMILES string of the molecule is CCCOCCOCC(N)c1cc(C)ccc1C. The lowest BCUT2D eigenvalue weighted by molar-refractivity contribution is 0.0427. The van der Waals surface area contributed by atoms with Gasteiger partial charge in [0.2, 0.25) is 0 Å². The third kappa shape index (κ3) is 5.17. The number of rotatable bonds is 8. The van der Waals surface area contributed by atoms with Crippen molar-refractivity contribution in [3.05, 3.63) is 34.9 Å². The molecule has 0 aliphatic heterocycles. The van der Waals surface area contributed by atoms with E-state index >= 15 is 0 Å². The molecule has 0 aliphatic carbocycles. The quantitative estimate of drug-likeness (QED) is 0.723. The third-order valence-electron chi connectivity index (χ3n) is 2.85. The smallest absolute Gasteiger partial charge is 0.0701 e. The van der Waals surface area contributed by atoms with Gasteiger partial charge in [-0.25, -0.2) is 0 Å². The number of aryl methyl sites for hydroxylation is 2. The first kappa shape index (κ1) is 15.2. The summed E-state index contributed by atoms with van der Waals surface area (Å²) in [5.41, 5.74) is 9.77. The van der Waals surface area contributed by atoms with Crippen LogP contribution in [0.2, 0.25) is 0 Å². The molecule has 0 saturated heterocycles. The molecule has 1 unspecified atom stereocenters. The van der Waals surface area contributed by atoms with E-state index in [0.29, 0.717) is 19.8 Å². The Kier molecular flexibility index (Phi) is 6.94. The number of nitrogens with two attached hydrogens (primary N) is 1. The highest BCUT2D eigenvalue weighted by molar-refractivity contribution is 5.32. The van der Waals surface area contributed by atoms with Crippen LogP contribution in [-0.4, -0.2) is 26.4 Å². The molecule has 0 bridgehead atoms. The van der Waals surface area contributed by atoms with Gasteiger partial charge in [-0.2, -0.15) is 0 Å². The summed E-state index contributed by atoms with van der Waals surface area (Å²) in [7, 11) is 0. The van der Waals surface area contributed by atoms with Gasteiger partial charge in [-0.05, 0) is 31.4 Å². The van der Waals surface area contributed by atoms with Gasteiger partial charge < -0.3 is 15.2 Å². The Morgan fingerprint density at radius 3 is 2.56 bits per heavy atom. The zero-order valence-electron chi connectivity index (χ0n) is 11.7. The summed E-state index contributed by atoms with van der Waals surface area (Å²) in [6.45, 7) is 8.85. The van der Waals surface area contributed by atoms with Crippen molar-refractivity contribution in [3.8, 4) is 0 Å². The summed E-state index contributed by atoms with van der Waals surface area (Å²) in [5.74, 6) is 0. The maximum absolute atomic E-state index is 6.14. The fraction of sp³-hybridized carbons (Fsp3) is 0.600. The summed E-state index contributed by atoms with van der Waals surface area (Å²) in [6.07, 6.45) is 1.04. The van der Waals surface area contributed by atoms with E-state index in [0.717, 1.165) is 13.0 Å². The molecule has 0 saturated carbocycles. The average Bonchev–Trinajstić information content (AvgIpc) is 2.36. The maximum atomic E-state index is 6.14. The topological polar surface area (TPSA) is 44.5 Å². The fourth-order valence-corrected chi connectivity index (χ4v) is 1.82. The van der Waals surface area contributed by atoms with Crippen molar-refractivity contribution in [1.29, 1.82) is 0 Å². The Labute approximate surface area is 110 Å². The van der Waals surface area contributed by atoms with Gasteiger partial charge in [0.1, 0.15) is 0 Å². The first-order valence-electron chi connectivity index (χ1n) is 6.63. The van der Waals surface area contributed by atoms with Crippen LogP contribution in [-0.2, 0) is 9.47 Å². The number of hydrogen-bond donors (Lipinski definition) is 1. The largest absolute Gasteiger partial charge is 0.379 e. The molecule has 0 fully saturated rings. The summed E-state index contributed by atoms with van der Waals surface area (Å²) >= 11 is 0. The number of ether oxygens (including phenoxy) is 2. The molecular weight excluding hydrogens is 226 g/mol. The van der Waals surface area contributed by atoms with Crippen LogP contribution >= 0.6 is 0 Å². The minimum atomic E-state index is -0.0592. The van der Waals surface area contributed by atoms with Crippen molar-refractivity contribution in [2.45, 2.75) is 33.2 Å². The average molecular weight is 251 g/mol. The maximum Gasteiger partial charge on any atom is 0.0701 e. The van der Waals surface area contributed by atoms with Gasteiger partial charge in [0.25, 0.3) is 0 Å². The molecule has 0 amide bonds. The highest BCUT2D eigenvalue weighted by Crippen LogP contribution is 2.17. The van der Waals surface area contributed by atoms with Crippen LogP contribution < -0.4 is 5.73 Å². The molecule has 1 rings (SSSR count). The number of benzene rings is 1. The van der Waals surface area contributed by atoms with E-state index in [-0.39, 0.29) is 6.04 Å². The molecule has 1 aromatic carbocycles. The highest BCUT2D eigenvalue weighted by atomic mass is 16.5. The number of hydrogen-bond acceptors (Lipinski definition) is 3. The molecule has 0 aliphatic rings. The van der Waals surface area contributed by atoms with Gasteiger partial charge in [0.15, 0.2) is 0 Å². The predicted octanol–water partition coefficient (Wildman–Crippen LogP) is 2.75. The zero-order chi connectivity index (χ0) is 13.4. The summed E-state index contributed by atoms with van der Waals surface area (Å²) in [4.78, 5) is 0. The van der Waals surface area contributed by atoms with Crippen molar-refractivity contribution in [2.24, 2.45) is 5.73 Å². The molecule has 0 heterocycles. The molecule has 3 heteroatoms. The fourth-order valence-electron chi connectivity index (χ4n) is 1.82. The normalized spacial score (nSPS) is 12.7. The molecule has 0 spiro atoms. The molecule has 18 heavy (non-hydrogen) atoms. The predicted molar refractivity (Wildman–Crippen MR) is 74.8 cm³/mol. The minimum absolute atomic E-state index is 0.0592. The Morgan fingerprint density at radius 1 is 1.11 bits per heavy atom. The van der Waals surface area contributed by atoms with Crippen LogP contribution in [0.5, 0.6) is 0 Å². The Hall–Kier alpha value is -0.900. The summed E-state index contributed by atoms with van der Waals surface area (Å²) in [6, 6.07) is 6.28. The first-order chi connectivity index (χ1) is 8.65. The van der Waals surface area contributed by atoms with Gasteiger partial charge in [0.05, 0.1) is 25.9 Å². The Balaban J connectivity index is 2.31. The Morgan fingerprint density at radius 2 is 1.83 bits per heavy atom. The van der Waals surface area contributed by atoms with E-state index < -0.39 is 0 Å². The van der Waals surface area contributed by atoms with E-state index in [4.69, 9.17) is 15.2 Å². The van der Waals surface area contributed by atoms with Crippen LogP contribution in [0.3, 0.4) is 0 Å². The molecule has 1 aromatic rings. The first-order valence-corrected chi connectivity index (χ1v) is 6.63. The van der Waals surface area contributed by atoms with Crippen LogP contribution in [0, 0.1) is 13.8 Å². The van der Waals surface area contributed by atoms with Gasteiger partial charge in [0, 0.05) is 6.61 Å². The lowest BCUT2D eigenvalue weighted by Crippen LogP contribution is -2.19. The highest BCUT2D eigenvalue weighted by Gasteiger charge is 2.09. The van der Waals surface area contributed by atoms with E-state index in [9.17, 15) is 0 Å². The monoisotopic (exact) mass is 251 g/mol. The molecule has 0 radical (unpaired) electrons. The van der Waals surface area contributed by atoms with Gasteiger partial charge in [-0.3, -0.25) is 0 Å². The van der Waals surface area contributed by atoms with Crippen LogP contribution in [0.1, 0.15) is 36.1 Å². The zero-order valence-corrected chi connectivity index (χ0v) is 11.7. The molecule has 2 N–H and O–H groups in total. The standard InChI is InChI=1S/C15H25NO2/c1-4-7-17-8-9-18-11-15(16)14-10-12(2)5-6-13(14)3/h5-6,10,15H,4,7-9,11,16H2,1-3H3. The molecule has 102 valence electrons. The van der Waals surface area contributed by atoms with Gasteiger partial charge >= 0.3 is 0 Å². The molecule has 0 aromatic heterocycles. The minimum Gasteiger partial charge on any atom is -0.379 e. The third-order valence-corrected chi connectivity index (χ3v) is 2.85. The second-order valence-corrected chi connectivity index (χ2v) is 4.65. The van der Waals surface area contributed by atoms with Crippen molar-refractivity contribution in [2.75, 3.05) is 26.4 Å². The van der Waals surface area contributed by atoms with Crippen LogP contribution in [0.15, 0.2) is 18.2 Å². The lowest BCUT2D eigenvalue weighted by Gasteiger charge is -2.16. The second-order valence-electron chi connectivity index (χ2n) is 4.65. The van der Waals surface area contributed by atoms with E-state index in [2.05, 4.69) is 39.0 Å². The summed E-state index contributed by atoms with van der Waals surface area (Å²) in [5, 5.41) is 0. The van der Waals surface area contributed by atoms with Crippen molar-refractivity contribution in [1.82, 2.24) is 0 Å². The second kappa shape index (κ2) is 8.25. The van der Waals surface area contributed by atoms with Crippen molar-refractivity contribution < 1.29 is 9.47 Å². The van der Waals surface area contributed by atoms with Crippen LogP contribution in [0.25, 0.3) is 0 Å². The van der Waals surface area contributed by atoms with E-state index in [1.807, 2.05) is 0 Å². The lowest BCUT2D eigenvalue weighted by atomic mass is 10.00.